The lowest BCUT2D eigenvalue weighted by molar-refractivity contribution is -0.124. The third-order valence-electron chi connectivity index (χ3n) is 2.75. The van der Waals surface area contributed by atoms with E-state index in [4.69, 9.17) is 4.74 Å². The van der Waals surface area contributed by atoms with Crippen LogP contribution in [0.25, 0.3) is 0 Å². The third kappa shape index (κ3) is 4.89. The molecule has 0 saturated carbocycles. The maximum atomic E-state index is 11.6. The molecule has 0 aromatic heterocycles. The highest BCUT2D eigenvalue weighted by Crippen LogP contribution is 2.11. The topological polar surface area (TPSA) is 38.3 Å². The summed E-state index contributed by atoms with van der Waals surface area (Å²) in [5, 5.41) is 2.92. The molecule has 1 N–H and O–H groups in total. The zero-order valence-electron chi connectivity index (χ0n) is 11.0. The van der Waals surface area contributed by atoms with Crippen molar-refractivity contribution in [3.63, 3.8) is 0 Å². The summed E-state index contributed by atoms with van der Waals surface area (Å²) in [5.41, 5.74) is 1.00. The van der Waals surface area contributed by atoms with Gasteiger partial charge in [0.1, 0.15) is 5.75 Å². The molecule has 0 saturated heterocycles. The molecule has 0 unspecified atom stereocenters. The van der Waals surface area contributed by atoms with Crippen LogP contribution in [0.5, 0.6) is 5.75 Å². The summed E-state index contributed by atoms with van der Waals surface area (Å²) in [7, 11) is 0. The van der Waals surface area contributed by atoms with Gasteiger partial charge in [0.2, 0.25) is 0 Å². The number of hydrogen-bond acceptors (Lipinski definition) is 2. The van der Waals surface area contributed by atoms with Gasteiger partial charge in [-0.1, -0.05) is 24.6 Å². The fraction of sp³-hybridized carbons (Fsp3) is 0.500. The molecule has 17 heavy (non-hydrogen) atoms. The first-order valence-electron chi connectivity index (χ1n) is 5.93. The van der Waals surface area contributed by atoms with Gasteiger partial charge in [-0.2, -0.15) is 0 Å². The summed E-state index contributed by atoms with van der Waals surface area (Å²) in [5.74, 6) is 0.637. The van der Waals surface area contributed by atoms with Crippen molar-refractivity contribution < 1.29 is 9.53 Å². The van der Waals surface area contributed by atoms with Crippen molar-refractivity contribution in [3.8, 4) is 5.75 Å². The second-order valence-electron chi connectivity index (χ2n) is 4.89. The van der Waals surface area contributed by atoms with Gasteiger partial charge in [-0.3, -0.25) is 4.79 Å². The van der Waals surface area contributed by atoms with Gasteiger partial charge >= 0.3 is 0 Å². The van der Waals surface area contributed by atoms with Crippen molar-refractivity contribution in [2.75, 3.05) is 6.61 Å². The first-order chi connectivity index (χ1) is 7.93. The SMILES string of the molecule is CCC(C)(C)NC(=O)COc1ccc(C)cc1. The summed E-state index contributed by atoms with van der Waals surface area (Å²) in [6, 6.07) is 7.66. The second kappa shape index (κ2) is 5.71. The van der Waals surface area contributed by atoms with Gasteiger partial charge in [-0.15, -0.1) is 0 Å². The van der Waals surface area contributed by atoms with Crippen LogP contribution >= 0.6 is 0 Å². The van der Waals surface area contributed by atoms with Crippen LogP contribution in [0.4, 0.5) is 0 Å². The number of aryl methyl sites for hydroxylation is 1. The van der Waals surface area contributed by atoms with Crippen LogP contribution in [-0.4, -0.2) is 18.1 Å². The molecule has 0 heterocycles. The minimum Gasteiger partial charge on any atom is -0.484 e. The number of hydrogen-bond donors (Lipinski definition) is 1. The van der Waals surface area contributed by atoms with E-state index in [1.165, 1.54) is 5.56 Å². The normalized spacial score (nSPS) is 11.1. The molecule has 0 spiro atoms. The van der Waals surface area contributed by atoms with Crippen LogP contribution in [0.1, 0.15) is 32.8 Å². The van der Waals surface area contributed by atoms with E-state index in [1.807, 2.05) is 52.0 Å². The first kappa shape index (κ1) is 13.6. The summed E-state index contributed by atoms with van der Waals surface area (Å²) in [6.45, 7) is 8.11. The van der Waals surface area contributed by atoms with Crippen LogP contribution in [0.15, 0.2) is 24.3 Å². The second-order valence-corrected chi connectivity index (χ2v) is 4.89. The molecule has 0 fully saturated rings. The van der Waals surface area contributed by atoms with E-state index >= 15 is 0 Å². The molecule has 0 atom stereocenters. The molecule has 0 radical (unpaired) electrons. The summed E-state index contributed by atoms with van der Waals surface area (Å²) in [4.78, 5) is 11.6. The Labute approximate surface area is 103 Å². The number of amides is 1. The number of ether oxygens (including phenoxy) is 1. The minimum absolute atomic E-state index is 0.0620. The Kier molecular flexibility index (Phi) is 4.55. The van der Waals surface area contributed by atoms with Crippen LogP contribution in [0, 0.1) is 6.92 Å². The average molecular weight is 235 g/mol. The van der Waals surface area contributed by atoms with E-state index in [9.17, 15) is 4.79 Å². The molecule has 0 bridgehead atoms. The van der Waals surface area contributed by atoms with Gasteiger partial charge in [0.25, 0.3) is 5.91 Å². The molecule has 3 heteroatoms. The molecule has 94 valence electrons. The molecule has 1 aromatic carbocycles. The lowest BCUT2D eigenvalue weighted by Crippen LogP contribution is -2.44. The summed E-state index contributed by atoms with van der Waals surface area (Å²) >= 11 is 0. The number of nitrogens with one attached hydrogen (secondary N) is 1. The van der Waals surface area contributed by atoms with Crippen LogP contribution in [-0.2, 0) is 4.79 Å². The van der Waals surface area contributed by atoms with Crippen molar-refractivity contribution in [3.05, 3.63) is 29.8 Å². The van der Waals surface area contributed by atoms with Gasteiger partial charge in [0, 0.05) is 5.54 Å². The van der Waals surface area contributed by atoms with E-state index in [-0.39, 0.29) is 18.1 Å². The van der Waals surface area contributed by atoms with Crippen LogP contribution in [0.2, 0.25) is 0 Å². The van der Waals surface area contributed by atoms with Gasteiger partial charge < -0.3 is 10.1 Å². The number of benzene rings is 1. The molecule has 1 aromatic rings. The fourth-order valence-corrected chi connectivity index (χ4v) is 1.29. The van der Waals surface area contributed by atoms with Gasteiger partial charge in [-0.05, 0) is 39.3 Å². The maximum absolute atomic E-state index is 11.6. The van der Waals surface area contributed by atoms with Crippen molar-refractivity contribution >= 4 is 5.91 Å². The molecule has 1 rings (SSSR count). The van der Waals surface area contributed by atoms with Crippen molar-refractivity contribution in [1.29, 1.82) is 0 Å². The Morgan fingerprint density at radius 3 is 2.41 bits per heavy atom. The van der Waals surface area contributed by atoms with Crippen molar-refractivity contribution in [1.82, 2.24) is 5.32 Å². The van der Waals surface area contributed by atoms with Crippen molar-refractivity contribution in [2.24, 2.45) is 0 Å². The standard InChI is InChI=1S/C14H21NO2/c1-5-14(3,4)15-13(16)10-17-12-8-6-11(2)7-9-12/h6-9H,5,10H2,1-4H3,(H,15,16). The summed E-state index contributed by atoms with van der Waals surface area (Å²) < 4.78 is 5.40. The Hall–Kier alpha value is -1.51. The smallest absolute Gasteiger partial charge is 0.258 e. The lowest BCUT2D eigenvalue weighted by Gasteiger charge is -2.24. The predicted octanol–water partition coefficient (Wildman–Crippen LogP) is 2.68. The van der Waals surface area contributed by atoms with E-state index in [0.29, 0.717) is 0 Å². The molecule has 0 aliphatic heterocycles. The Morgan fingerprint density at radius 1 is 1.29 bits per heavy atom. The maximum Gasteiger partial charge on any atom is 0.258 e. The highest BCUT2D eigenvalue weighted by molar-refractivity contribution is 5.78. The minimum atomic E-state index is -0.173. The highest BCUT2D eigenvalue weighted by atomic mass is 16.5. The zero-order chi connectivity index (χ0) is 12.9. The van der Waals surface area contributed by atoms with Crippen LogP contribution < -0.4 is 10.1 Å². The molecular weight excluding hydrogens is 214 g/mol. The van der Waals surface area contributed by atoms with Crippen LogP contribution in [0.3, 0.4) is 0 Å². The van der Waals surface area contributed by atoms with E-state index in [1.54, 1.807) is 0 Å². The van der Waals surface area contributed by atoms with Gasteiger partial charge in [-0.25, -0.2) is 0 Å². The van der Waals surface area contributed by atoms with Crippen molar-refractivity contribution in [2.45, 2.75) is 39.7 Å². The first-order valence-corrected chi connectivity index (χ1v) is 5.93. The average Bonchev–Trinajstić information content (AvgIpc) is 2.28. The lowest BCUT2D eigenvalue weighted by atomic mass is 10.0. The third-order valence-corrected chi connectivity index (χ3v) is 2.75. The van der Waals surface area contributed by atoms with Gasteiger partial charge in [0.15, 0.2) is 6.61 Å². The van der Waals surface area contributed by atoms with E-state index < -0.39 is 0 Å². The quantitative estimate of drug-likeness (QED) is 0.852. The van der Waals surface area contributed by atoms with E-state index in [0.717, 1.165) is 12.2 Å². The molecule has 1 amide bonds. The van der Waals surface area contributed by atoms with Gasteiger partial charge in [0.05, 0.1) is 0 Å². The number of rotatable bonds is 5. The largest absolute Gasteiger partial charge is 0.484 e. The zero-order valence-corrected chi connectivity index (χ0v) is 11.0. The highest BCUT2D eigenvalue weighted by Gasteiger charge is 2.17. The Balaban J connectivity index is 2.41. The summed E-state index contributed by atoms with van der Waals surface area (Å²) in [6.07, 6.45) is 0.892. The molecule has 0 aliphatic carbocycles. The Morgan fingerprint density at radius 2 is 1.88 bits per heavy atom. The Bertz CT molecular complexity index is 368. The van der Waals surface area contributed by atoms with E-state index in [2.05, 4.69) is 5.32 Å². The molecule has 0 aliphatic rings. The number of carbonyl (C=O) groups is 1. The molecular formula is C14H21NO2. The number of carbonyl (C=O) groups excluding carboxylic acids is 1. The fourth-order valence-electron chi connectivity index (χ4n) is 1.29. The molecule has 3 nitrogen and oxygen atoms in total. The monoisotopic (exact) mass is 235 g/mol. The predicted molar refractivity (Wildman–Crippen MR) is 69.2 cm³/mol.